The van der Waals surface area contributed by atoms with Crippen molar-refractivity contribution in [1.82, 2.24) is 15.0 Å². The van der Waals surface area contributed by atoms with Gasteiger partial charge in [0.05, 0.1) is 18.6 Å². The van der Waals surface area contributed by atoms with E-state index in [4.69, 9.17) is 9.26 Å². The molecule has 3 rings (SSSR count). The molecule has 1 aliphatic heterocycles. The summed E-state index contributed by atoms with van der Waals surface area (Å²) in [6.07, 6.45) is 0.836. The molecule has 0 bridgehead atoms. The highest BCUT2D eigenvalue weighted by molar-refractivity contribution is 5.97. The van der Waals surface area contributed by atoms with Crippen LogP contribution in [0.15, 0.2) is 28.8 Å². The molecule has 0 spiro atoms. The van der Waals surface area contributed by atoms with Crippen LogP contribution >= 0.6 is 0 Å². The van der Waals surface area contributed by atoms with Crippen LogP contribution in [0.3, 0.4) is 0 Å². The number of likely N-dealkylation sites (tertiary alicyclic amines) is 1. The Morgan fingerprint density at radius 2 is 2.24 bits per heavy atom. The number of hydrogen-bond acceptors (Lipinski definition) is 5. The molecule has 1 aromatic carbocycles. The average molecular weight is 287 g/mol. The van der Waals surface area contributed by atoms with E-state index in [0.29, 0.717) is 36.1 Å². The van der Waals surface area contributed by atoms with Crippen molar-refractivity contribution in [2.24, 2.45) is 0 Å². The number of aromatic nitrogens is 2. The Bertz CT molecular complexity index is 653. The van der Waals surface area contributed by atoms with E-state index in [9.17, 15) is 4.79 Å². The van der Waals surface area contributed by atoms with Gasteiger partial charge in [-0.1, -0.05) is 17.3 Å². The number of carbonyl (C=O) groups is 1. The second-order valence-electron chi connectivity index (χ2n) is 5.12. The molecule has 110 valence electrons. The van der Waals surface area contributed by atoms with E-state index in [1.807, 2.05) is 17.0 Å². The SMILES string of the molecule is COc1ccccc1C(=O)N1CCC(c2nc(C)no2)C1. The molecule has 0 N–H and O–H groups in total. The summed E-state index contributed by atoms with van der Waals surface area (Å²) < 4.78 is 10.5. The molecule has 1 aliphatic rings. The number of rotatable bonds is 3. The van der Waals surface area contributed by atoms with E-state index in [0.717, 1.165) is 6.42 Å². The predicted octanol–water partition coefficient (Wildman–Crippen LogP) is 2.02. The second kappa shape index (κ2) is 5.55. The average Bonchev–Trinajstić information content (AvgIpc) is 3.15. The summed E-state index contributed by atoms with van der Waals surface area (Å²) >= 11 is 0. The minimum atomic E-state index is -0.0220. The molecular weight excluding hydrogens is 270 g/mol. The van der Waals surface area contributed by atoms with Crippen LogP contribution in [0.1, 0.15) is 34.4 Å². The van der Waals surface area contributed by atoms with E-state index in [1.54, 1.807) is 26.2 Å². The van der Waals surface area contributed by atoms with Crippen molar-refractivity contribution in [1.29, 1.82) is 0 Å². The predicted molar refractivity (Wildman–Crippen MR) is 75.3 cm³/mol. The summed E-state index contributed by atoms with van der Waals surface area (Å²) in [4.78, 5) is 18.6. The number of para-hydroxylation sites is 1. The lowest BCUT2D eigenvalue weighted by molar-refractivity contribution is 0.0786. The Kier molecular flexibility index (Phi) is 3.60. The zero-order valence-electron chi connectivity index (χ0n) is 12.1. The first-order valence-corrected chi connectivity index (χ1v) is 6.91. The Balaban J connectivity index is 1.75. The largest absolute Gasteiger partial charge is 0.496 e. The van der Waals surface area contributed by atoms with Gasteiger partial charge < -0.3 is 14.2 Å². The third-order valence-electron chi connectivity index (χ3n) is 3.71. The summed E-state index contributed by atoms with van der Waals surface area (Å²) in [5.74, 6) is 1.93. The normalized spacial score (nSPS) is 18.0. The number of nitrogens with zero attached hydrogens (tertiary/aromatic N) is 3. The molecule has 6 nitrogen and oxygen atoms in total. The maximum atomic E-state index is 12.6. The van der Waals surface area contributed by atoms with Crippen LogP contribution in [0.2, 0.25) is 0 Å². The third kappa shape index (κ3) is 2.61. The molecule has 0 aliphatic carbocycles. The number of carbonyl (C=O) groups excluding carboxylic acids is 1. The van der Waals surface area contributed by atoms with Gasteiger partial charge >= 0.3 is 0 Å². The molecule has 0 saturated carbocycles. The van der Waals surface area contributed by atoms with Crippen molar-refractivity contribution < 1.29 is 14.1 Å². The van der Waals surface area contributed by atoms with Crippen LogP contribution in [0, 0.1) is 6.92 Å². The van der Waals surface area contributed by atoms with Gasteiger partial charge in [-0.05, 0) is 25.5 Å². The molecule has 6 heteroatoms. The van der Waals surface area contributed by atoms with E-state index in [2.05, 4.69) is 10.1 Å². The zero-order chi connectivity index (χ0) is 14.8. The molecule has 1 fully saturated rings. The fourth-order valence-electron chi connectivity index (χ4n) is 2.62. The van der Waals surface area contributed by atoms with Gasteiger partial charge in [-0.3, -0.25) is 4.79 Å². The lowest BCUT2D eigenvalue weighted by atomic mass is 10.1. The summed E-state index contributed by atoms with van der Waals surface area (Å²) in [6, 6.07) is 7.27. The highest BCUT2D eigenvalue weighted by Crippen LogP contribution is 2.28. The van der Waals surface area contributed by atoms with E-state index in [-0.39, 0.29) is 11.8 Å². The van der Waals surface area contributed by atoms with E-state index in [1.165, 1.54) is 0 Å². The van der Waals surface area contributed by atoms with Gasteiger partial charge in [-0.15, -0.1) is 0 Å². The quantitative estimate of drug-likeness (QED) is 0.864. The van der Waals surface area contributed by atoms with Crippen LogP contribution in [0.5, 0.6) is 5.75 Å². The summed E-state index contributed by atoms with van der Waals surface area (Å²) in [5, 5.41) is 3.81. The van der Waals surface area contributed by atoms with Gasteiger partial charge in [0, 0.05) is 13.1 Å². The van der Waals surface area contributed by atoms with Crippen molar-refractivity contribution in [2.45, 2.75) is 19.3 Å². The highest BCUT2D eigenvalue weighted by atomic mass is 16.5. The van der Waals surface area contributed by atoms with Crippen molar-refractivity contribution >= 4 is 5.91 Å². The number of aryl methyl sites for hydroxylation is 1. The van der Waals surface area contributed by atoms with Crippen molar-refractivity contribution in [3.05, 3.63) is 41.5 Å². The summed E-state index contributed by atoms with van der Waals surface area (Å²) in [7, 11) is 1.57. The molecule has 2 aromatic rings. The van der Waals surface area contributed by atoms with Crippen molar-refractivity contribution in [3.63, 3.8) is 0 Å². The number of ether oxygens (including phenoxy) is 1. The standard InChI is InChI=1S/C15H17N3O3/c1-10-16-14(21-17-10)11-7-8-18(9-11)15(19)12-5-3-4-6-13(12)20-2/h3-6,11H,7-9H2,1-2H3. The van der Waals surface area contributed by atoms with Crippen LogP contribution in [-0.2, 0) is 0 Å². The fraction of sp³-hybridized carbons (Fsp3) is 0.400. The van der Waals surface area contributed by atoms with Gasteiger partial charge in [-0.25, -0.2) is 0 Å². The lowest BCUT2D eigenvalue weighted by Gasteiger charge is -2.17. The van der Waals surface area contributed by atoms with Crippen molar-refractivity contribution in [3.8, 4) is 5.75 Å². The topological polar surface area (TPSA) is 68.5 Å². The molecule has 1 atom stereocenters. The van der Waals surface area contributed by atoms with E-state index < -0.39 is 0 Å². The zero-order valence-corrected chi connectivity index (χ0v) is 12.1. The first-order chi connectivity index (χ1) is 10.2. The number of hydrogen-bond donors (Lipinski definition) is 0. The molecule has 1 saturated heterocycles. The molecular formula is C15H17N3O3. The molecule has 1 aromatic heterocycles. The second-order valence-corrected chi connectivity index (χ2v) is 5.12. The summed E-state index contributed by atoms with van der Waals surface area (Å²) in [6.45, 7) is 3.07. The molecule has 1 amide bonds. The number of benzene rings is 1. The highest BCUT2D eigenvalue weighted by Gasteiger charge is 2.32. The maximum Gasteiger partial charge on any atom is 0.257 e. The Morgan fingerprint density at radius 3 is 2.95 bits per heavy atom. The number of methoxy groups -OCH3 is 1. The van der Waals surface area contributed by atoms with Gasteiger partial charge in [0.15, 0.2) is 5.82 Å². The first-order valence-electron chi connectivity index (χ1n) is 6.91. The van der Waals surface area contributed by atoms with Gasteiger partial charge in [0.25, 0.3) is 5.91 Å². The monoisotopic (exact) mass is 287 g/mol. The van der Waals surface area contributed by atoms with Crippen LogP contribution < -0.4 is 4.74 Å². The Morgan fingerprint density at radius 1 is 1.43 bits per heavy atom. The molecule has 1 unspecified atom stereocenters. The minimum Gasteiger partial charge on any atom is -0.496 e. The van der Waals surface area contributed by atoms with Crippen molar-refractivity contribution in [2.75, 3.05) is 20.2 Å². The first kappa shape index (κ1) is 13.6. The Labute approximate surface area is 122 Å². The van der Waals surface area contributed by atoms with Crippen LogP contribution in [0.25, 0.3) is 0 Å². The van der Waals surface area contributed by atoms with Gasteiger partial charge in [0.2, 0.25) is 5.89 Å². The van der Waals surface area contributed by atoms with E-state index >= 15 is 0 Å². The molecule has 0 radical (unpaired) electrons. The smallest absolute Gasteiger partial charge is 0.257 e. The third-order valence-corrected chi connectivity index (χ3v) is 3.71. The van der Waals surface area contributed by atoms with Gasteiger partial charge in [0.1, 0.15) is 5.75 Å². The number of amides is 1. The summed E-state index contributed by atoms with van der Waals surface area (Å²) in [5.41, 5.74) is 0.586. The fourth-order valence-corrected chi connectivity index (χ4v) is 2.62. The maximum absolute atomic E-state index is 12.6. The Hall–Kier alpha value is -2.37. The van der Waals surface area contributed by atoms with Crippen LogP contribution in [-0.4, -0.2) is 41.1 Å². The van der Waals surface area contributed by atoms with Gasteiger partial charge in [-0.2, -0.15) is 4.98 Å². The molecule has 21 heavy (non-hydrogen) atoms. The van der Waals surface area contributed by atoms with Crippen LogP contribution in [0.4, 0.5) is 0 Å². The molecule has 2 heterocycles. The minimum absolute atomic E-state index is 0.0220. The lowest BCUT2D eigenvalue weighted by Crippen LogP contribution is -2.28.